The van der Waals surface area contributed by atoms with Crippen molar-refractivity contribution in [1.29, 1.82) is 0 Å². The average molecular weight is 234 g/mol. The Kier molecular flexibility index (Phi) is 4.40. The largest absolute Gasteiger partial charge is 0.368 e. The van der Waals surface area contributed by atoms with Gasteiger partial charge in [0.15, 0.2) is 5.78 Å². The molecule has 1 amide bonds. The van der Waals surface area contributed by atoms with Gasteiger partial charge in [0.2, 0.25) is 5.91 Å². The predicted octanol–water partition coefficient (Wildman–Crippen LogP) is 1.20. The van der Waals surface area contributed by atoms with Crippen molar-refractivity contribution < 1.29 is 9.59 Å². The predicted molar refractivity (Wildman–Crippen MR) is 66.6 cm³/mol. The number of ketones is 1. The molecule has 92 valence electrons. The van der Waals surface area contributed by atoms with Gasteiger partial charge in [-0.05, 0) is 11.5 Å². The number of benzene rings is 1. The van der Waals surface area contributed by atoms with Gasteiger partial charge in [0.1, 0.15) is 0 Å². The van der Waals surface area contributed by atoms with Crippen LogP contribution < -0.4 is 11.5 Å². The lowest BCUT2D eigenvalue weighted by molar-refractivity contribution is -0.119. The SMILES string of the molecule is CC(C)c1ccc(C(=O)CC(N)C(N)=O)cc1. The molecule has 0 aliphatic rings. The Labute approximate surface area is 101 Å². The lowest BCUT2D eigenvalue weighted by Crippen LogP contribution is -2.38. The summed E-state index contributed by atoms with van der Waals surface area (Å²) in [4.78, 5) is 22.5. The summed E-state index contributed by atoms with van der Waals surface area (Å²) in [5.41, 5.74) is 12.2. The normalized spacial score (nSPS) is 12.5. The highest BCUT2D eigenvalue weighted by Gasteiger charge is 2.15. The maximum absolute atomic E-state index is 11.8. The zero-order valence-corrected chi connectivity index (χ0v) is 10.1. The summed E-state index contributed by atoms with van der Waals surface area (Å²) in [7, 11) is 0. The second-order valence-corrected chi connectivity index (χ2v) is 4.41. The van der Waals surface area contributed by atoms with Crippen LogP contribution in [0.2, 0.25) is 0 Å². The van der Waals surface area contributed by atoms with Gasteiger partial charge in [-0.25, -0.2) is 0 Å². The van der Waals surface area contributed by atoms with Gasteiger partial charge in [0, 0.05) is 12.0 Å². The third-order valence-corrected chi connectivity index (χ3v) is 2.67. The highest BCUT2D eigenvalue weighted by molar-refractivity contribution is 5.99. The fraction of sp³-hybridized carbons (Fsp3) is 0.385. The van der Waals surface area contributed by atoms with E-state index in [0.717, 1.165) is 0 Å². The van der Waals surface area contributed by atoms with Crippen LogP contribution in [0.5, 0.6) is 0 Å². The lowest BCUT2D eigenvalue weighted by atomic mass is 9.98. The minimum Gasteiger partial charge on any atom is -0.368 e. The minimum atomic E-state index is -0.910. The Morgan fingerprint density at radius 2 is 1.71 bits per heavy atom. The van der Waals surface area contributed by atoms with E-state index in [0.29, 0.717) is 11.5 Å². The monoisotopic (exact) mass is 234 g/mol. The molecule has 4 nitrogen and oxygen atoms in total. The number of hydrogen-bond donors (Lipinski definition) is 2. The molecule has 0 heterocycles. The number of nitrogens with two attached hydrogens (primary N) is 2. The summed E-state index contributed by atoms with van der Waals surface area (Å²) >= 11 is 0. The molecule has 1 atom stereocenters. The Balaban J connectivity index is 2.73. The van der Waals surface area contributed by atoms with Crippen molar-refractivity contribution in [1.82, 2.24) is 0 Å². The van der Waals surface area contributed by atoms with Crippen molar-refractivity contribution in [2.24, 2.45) is 11.5 Å². The van der Waals surface area contributed by atoms with Crippen LogP contribution in [0.25, 0.3) is 0 Å². The van der Waals surface area contributed by atoms with Crippen LogP contribution in [-0.4, -0.2) is 17.7 Å². The van der Waals surface area contributed by atoms with Crippen molar-refractivity contribution >= 4 is 11.7 Å². The van der Waals surface area contributed by atoms with Crippen molar-refractivity contribution in [2.45, 2.75) is 32.2 Å². The molecule has 1 rings (SSSR count). The number of carbonyl (C=O) groups is 2. The van der Waals surface area contributed by atoms with Gasteiger partial charge in [-0.2, -0.15) is 0 Å². The van der Waals surface area contributed by atoms with Crippen LogP contribution in [0.4, 0.5) is 0 Å². The van der Waals surface area contributed by atoms with Crippen LogP contribution >= 0.6 is 0 Å². The van der Waals surface area contributed by atoms with E-state index in [4.69, 9.17) is 11.5 Å². The molecule has 17 heavy (non-hydrogen) atoms. The fourth-order valence-corrected chi connectivity index (χ4v) is 1.47. The number of primary amides is 1. The van der Waals surface area contributed by atoms with Gasteiger partial charge in [0.05, 0.1) is 6.04 Å². The number of carbonyl (C=O) groups excluding carboxylic acids is 2. The molecular formula is C13H18N2O2. The van der Waals surface area contributed by atoms with E-state index in [-0.39, 0.29) is 12.2 Å². The van der Waals surface area contributed by atoms with Gasteiger partial charge < -0.3 is 11.5 Å². The van der Waals surface area contributed by atoms with Crippen LogP contribution in [0.15, 0.2) is 24.3 Å². The van der Waals surface area contributed by atoms with E-state index in [1.165, 1.54) is 5.56 Å². The van der Waals surface area contributed by atoms with Gasteiger partial charge >= 0.3 is 0 Å². The quantitative estimate of drug-likeness (QED) is 0.750. The summed E-state index contributed by atoms with van der Waals surface area (Å²) in [5, 5.41) is 0. The second-order valence-electron chi connectivity index (χ2n) is 4.41. The Morgan fingerprint density at radius 3 is 2.12 bits per heavy atom. The molecule has 0 radical (unpaired) electrons. The molecule has 0 spiro atoms. The van der Waals surface area contributed by atoms with Crippen LogP contribution in [-0.2, 0) is 4.79 Å². The molecule has 0 fully saturated rings. The molecule has 1 aromatic rings. The van der Waals surface area contributed by atoms with E-state index in [1.807, 2.05) is 12.1 Å². The molecule has 0 bridgehead atoms. The highest BCUT2D eigenvalue weighted by atomic mass is 16.1. The molecule has 0 aliphatic heterocycles. The molecule has 4 N–H and O–H groups in total. The van der Waals surface area contributed by atoms with Crippen LogP contribution in [0, 0.1) is 0 Å². The second kappa shape index (κ2) is 5.59. The fourth-order valence-electron chi connectivity index (χ4n) is 1.47. The summed E-state index contributed by atoms with van der Waals surface area (Å²) in [6, 6.07) is 6.42. The van der Waals surface area contributed by atoms with Gasteiger partial charge in [-0.3, -0.25) is 9.59 Å². The minimum absolute atomic E-state index is 0.0453. The standard InChI is InChI=1S/C13H18N2O2/c1-8(2)9-3-5-10(6-4-9)12(16)7-11(14)13(15)17/h3-6,8,11H,7,14H2,1-2H3,(H2,15,17). The first-order chi connectivity index (χ1) is 7.91. The highest BCUT2D eigenvalue weighted by Crippen LogP contribution is 2.15. The molecule has 0 saturated heterocycles. The zero-order chi connectivity index (χ0) is 13.0. The molecule has 1 unspecified atom stereocenters. The average Bonchev–Trinajstić information content (AvgIpc) is 2.28. The maximum Gasteiger partial charge on any atom is 0.234 e. The van der Waals surface area contributed by atoms with E-state index in [2.05, 4.69) is 13.8 Å². The van der Waals surface area contributed by atoms with Gasteiger partial charge in [-0.1, -0.05) is 38.1 Å². The summed E-state index contributed by atoms with van der Waals surface area (Å²) in [5.74, 6) is -0.393. The van der Waals surface area contributed by atoms with E-state index in [9.17, 15) is 9.59 Å². The molecule has 0 aliphatic carbocycles. The third kappa shape index (κ3) is 3.67. The zero-order valence-electron chi connectivity index (χ0n) is 10.1. The number of rotatable bonds is 5. The maximum atomic E-state index is 11.8. The Hall–Kier alpha value is -1.68. The van der Waals surface area contributed by atoms with E-state index >= 15 is 0 Å². The molecule has 0 aromatic heterocycles. The first-order valence-electron chi connectivity index (χ1n) is 5.60. The van der Waals surface area contributed by atoms with Crippen molar-refractivity contribution in [3.63, 3.8) is 0 Å². The topological polar surface area (TPSA) is 86.2 Å². The lowest BCUT2D eigenvalue weighted by Gasteiger charge is -2.08. The number of Topliss-reactive ketones (excluding diaryl/α,β-unsaturated/α-hetero) is 1. The van der Waals surface area contributed by atoms with E-state index in [1.54, 1.807) is 12.1 Å². The van der Waals surface area contributed by atoms with Gasteiger partial charge in [-0.15, -0.1) is 0 Å². The summed E-state index contributed by atoms with van der Waals surface area (Å²) in [6.45, 7) is 4.17. The molecular weight excluding hydrogens is 216 g/mol. The van der Waals surface area contributed by atoms with Crippen LogP contribution in [0.1, 0.15) is 42.1 Å². The number of amides is 1. The molecule has 0 saturated carbocycles. The third-order valence-electron chi connectivity index (χ3n) is 2.67. The Bertz CT molecular complexity index is 410. The Morgan fingerprint density at radius 1 is 1.18 bits per heavy atom. The summed E-state index contributed by atoms with van der Waals surface area (Å²) in [6.07, 6.45) is -0.0453. The summed E-state index contributed by atoms with van der Waals surface area (Å²) < 4.78 is 0. The van der Waals surface area contributed by atoms with E-state index < -0.39 is 11.9 Å². The first kappa shape index (κ1) is 13.4. The van der Waals surface area contributed by atoms with Crippen molar-refractivity contribution in [3.05, 3.63) is 35.4 Å². The van der Waals surface area contributed by atoms with Crippen molar-refractivity contribution in [2.75, 3.05) is 0 Å². The smallest absolute Gasteiger partial charge is 0.234 e. The first-order valence-corrected chi connectivity index (χ1v) is 5.60. The molecule has 1 aromatic carbocycles. The van der Waals surface area contributed by atoms with Crippen molar-refractivity contribution in [3.8, 4) is 0 Å². The van der Waals surface area contributed by atoms with Gasteiger partial charge in [0.25, 0.3) is 0 Å². The number of hydrogen-bond acceptors (Lipinski definition) is 3. The van der Waals surface area contributed by atoms with Crippen LogP contribution in [0.3, 0.4) is 0 Å². The molecule has 4 heteroatoms.